The van der Waals surface area contributed by atoms with Crippen molar-refractivity contribution >= 4 is 17.6 Å². The monoisotopic (exact) mass is 294 g/mol. The number of carbonyl (C=O) groups is 1. The van der Waals surface area contributed by atoms with E-state index in [1.165, 1.54) is 11.0 Å². The molecule has 0 radical (unpaired) electrons. The van der Waals surface area contributed by atoms with Gasteiger partial charge in [-0.1, -0.05) is 0 Å². The van der Waals surface area contributed by atoms with Gasteiger partial charge in [0.1, 0.15) is 11.5 Å². The zero-order valence-electron chi connectivity index (χ0n) is 12.0. The first-order valence-corrected chi connectivity index (χ1v) is 6.73. The van der Waals surface area contributed by atoms with Gasteiger partial charge in [-0.25, -0.2) is 9.78 Å². The van der Waals surface area contributed by atoms with Gasteiger partial charge in [0.05, 0.1) is 4.92 Å². The van der Waals surface area contributed by atoms with Gasteiger partial charge in [0.25, 0.3) is 5.69 Å². The number of hydrogen-bond acceptors (Lipinski definition) is 5. The Bertz CT molecular complexity index is 555. The maximum absolute atomic E-state index is 10.9. The molecule has 0 bridgehead atoms. The number of amides is 1. The highest BCUT2D eigenvalue weighted by molar-refractivity contribution is 5.65. The predicted molar refractivity (Wildman–Crippen MR) is 76.7 cm³/mol. The summed E-state index contributed by atoms with van der Waals surface area (Å²) in [6.45, 7) is 2.61. The molecule has 0 atom stereocenters. The van der Waals surface area contributed by atoms with E-state index in [1.807, 2.05) is 11.9 Å². The van der Waals surface area contributed by atoms with Crippen molar-refractivity contribution in [1.29, 1.82) is 0 Å². The lowest BCUT2D eigenvalue weighted by atomic mass is 10.0. The third kappa shape index (κ3) is 3.21. The van der Waals surface area contributed by atoms with Crippen LogP contribution in [0.1, 0.15) is 18.5 Å². The summed E-state index contributed by atoms with van der Waals surface area (Å²) in [5.74, 6) is 0.673. The number of carboxylic acid groups (broad SMARTS) is 1. The van der Waals surface area contributed by atoms with Crippen LogP contribution in [0, 0.1) is 17.0 Å². The lowest BCUT2D eigenvalue weighted by Gasteiger charge is -2.36. The molecule has 1 N–H and O–H groups in total. The largest absolute Gasteiger partial charge is 0.465 e. The second-order valence-corrected chi connectivity index (χ2v) is 5.14. The molecule has 0 unspecified atom stereocenters. The van der Waals surface area contributed by atoms with Crippen LogP contribution in [-0.2, 0) is 0 Å². The molecule has 0 aromatic carbocycles. The van der Waals surface area contributed by atoms with Gasteiger partial charge in [-0.15, -0.1) is 0 Å². The van der Waals surface area contributed by atoms with Crippen LogP contribution >= 0.6 is 0 Å². The maximum Gasteiger partial charge on any atom is 0.407 e. The molecular weight excluding hydrogens is 276 g/mol. The summed E-state index contributed by atoms with van der Waals surface area (Å²) >= 11 is 0. The minimum Gasteiger partial charge on any atom is -0.465 e. The molecule has 2 rings (SSSR count). The predicted octanol–water partition coefficient (Wildman–Crippen LogP) is 1.88. The molecule has 1 amide bonds. The van der Waals surface area contributed by atoms with E-state index in [9.17, 15) is 14.9 Å². The van der Waals surface area contributed by atoms with Crippen LogP contribution in [0.25, 0.3) is 0 Å². The van der Waals surface area contributed by atoms with E-state index in [4.69, 9.17) is 5.11 Å². The van der Waals surface area contributed by atoms with Crippen LogP contribution in [0.4, 0.5) is 16.3 Å². The first-order chi connectivity index (χ1) is 9.90. The second kappa shape index (κ2) is 5.94. The molecule has 1 fully saturated rings. The minimum absolute atomic E-state index is 0.00727. The number of nitro groups is 1. The van der Waals surface area contributed by atoms with Gasteiger partial charge in [0, 0.05) is 32.2 Å². The van der Waals surface area contributed by atoms with Crippen LogP contribution in [0.3, 0.4) is 0 Å². The number of likely N-dealkylation sites (tertiary alicyclic amines) is 1. The van der Waals surface area contributed by atoms with Crippen LogP contribution in [0.5, 0.6) is 0 Å². The molecule has 114 valence electrons. The van der Waals surface area contributed by atoms with Crippen molar-refractivity contribution in [2.75, 3.05) is 25.0 Å². The van der Waals surface area contributed by atoms with Crippen molar-refractivity contribution in [1.82, 2.24) is 9.88 Å². The number of aromatic nitrogens is 1. The van der Waals surface area contributed by atoms with E-state index in [1.54, 1.807) is 13.0 Å². The number of rotatable bonds is 3. The molecule has 0 saturated carbocycles. The SMILES string of the molecule is Cc1nc(N(C)C2CCN(C(=O)O)CC2)ccc1[N+](=O)[O-]. The van der Waals surface area contributed by atoms with Crippen molar-refractivity contribution in [2.45, 2.75) is 25.8 Å². The van der Waals surface area contributed by atoms with E-state index >= 15 is 0 Å². The van der Waals surface area contributed by atoms with Gasteiger partial charge < -0.3 is 14.9 Å². The smallest absolute Gasteiger partial charge is 0.407 e. The molecule has 8 heteroatoms. The van der Waals surface area contributed by atoms with Crippen molar-refractivity contribution in [3.63, 3.8) is 0 Å². The third-order valence-electron chi connectivity index (χ3n) is 3.88. The van der Waals surface area contributed by atoms with Gasteiger partial charge in [-0.3, -0.25) is 10.1 Å². The van der Waals surface area contributed by atoms with Gasteiger partial charge in [-0.05, 0) is 25.8 Å². The fraction of sp³-hybridized carbons (Fsp3) is 0.538. The van der Waals surface area contributed by atoms with Gasteiger partial charge in [0.15, 0.2) is 0 Å². The highest BCUT2D eigenvalue weighted by atomic mass is 16.6. The van der Waals surface area contributed by atoms with E-state index in [2.05, 4.69) is 4.98 Å². The Balaban J connectivity index is 2.07. The first-order valence-electron chi connectivity index (χ1n) is 6.73. The highest BCUT2D eigenvalue weighted by Gasteiger charge is 2.26. The molecule has 1 aliphatic rings. The summed E-state index contributed by atoms with van der Waals surface area (Å²) in [6, 6.07) is 3.28. The zero-order valence-corrected chi connectivity index (χ0v) is 12.0. The van der Waals surface area contributed by atoms with Crippen molar-refractivity contribution in [2.24, 2.45) is 0 Å². The first kappa shape index (κ1) is 15.0. The quantitative estimate of drug-likeness (QED) is 0.675. The molecule has 8 nitrogen and oxygen atoms in total. The van der Waals surface area contributed by atoms with E-state index in [-0.39, 0.29) is 11.7 Å². The summed E-state index contributed by atoms with van der Waals surface area (Å²) in [4.78, 5) is 28.9. The summed E-state index contributed by atoms with van der Waals surface area (Å²) in [7, 11) is 1.88. The molecule has 1 aliphatic heterocycles. The van der Waals surface area contributed by atoms with Crippen molar-refractivity contribution in [3.05, 3.63) is 27.9 Å². The Hall–Kier alpha value is -2.38. The number of hydrogen-bond donors (Lipinski definition) is 1. The topological polar surface area (TPSA) is 99.8 Å². The maximum atomic E-state index is 10.9. The Morgan fingerprint density at radius 1 is 1.48 bits per heavy atom. The van der Waals surface area contributed by atoms with Crippen molar-refractivity contribution in [3.8, 4) is 0 Å². The summed E-state index contributed by atoms with van der Waals surface area (Å²) < 4.78 is 0. The number of piperidine rings is 1. The zero-order chi connectivity index (χ0) is 15.6. The summed E-state index contributed by atoms with van der Waals surface area (Å²) in [5, 5.41) is 19.7. The van der Waals surface area contributed by atoms with E-state index < -0.39 is 11.0 Å². The average Bonchev–Trinajstić information content (AvgIpc) is 2.46. The van der Waals surface area contributed by atoms with Gasteiger partial charge >= 0.3 is 6.09 Å². The average molecular weight is 294 g/mol. The van der Waals surface area contributed by atoms with Crippen LogP contribution in [0.2, 0.25) is 0 Å². The standard InChI is InChI=1S/C13H18N4O4/c1-9-11(17(20)21)3-4-12(14-9)15(2)10-5-7-16(8-6-10)13(18)19/h3-4,10H,5-8H2,1-2H3,(H,18,19). The van der Waals surface area contributed by atoms with Crippen LogP contribution < -0.4 is 4.90 Å². The number of nitrogens with zero attached hydrogens (tertiary/aromatic N) is 4. The third-order valence-corrected chi connectivity index (χ3v) is 3.88. The fourth-order valence-electron chi connectivity index (χ4n) is 2.56. The van der Waals surface area contributed by atoms with Gasteiger partial charge in [0.2, 0.25) is 0 Å². The molecule has 1 aromatic heterocycles. The molecule has 1 saturated heterocycles. The van der Waals surface area contributed by atoms with Crippen LogP contribution in [0.15, 0.2) is 12.1 Å². The van der Waals surface area contributed by atoms with E-state index in [0.717, 1.165) is 12.8 Å². The van der Waals surface area contributed by atoms with Crippen molar-refractivity contribution < 1.29 is 14.8 Å². The number of pyridine rings is 1. The highest BCUT2D eigenvalue weighted by Crippen LogP contribution is 2.24. The van der Waals surface area contributed by atoms with Gasteiger partial charge in [-0.2, -0.15) is 0 Å². The number of aryl methyl sites for hydroxylation is 1. The Kier molecular flexibility index (Phi) is 4.25. The Morgan fingerprint density at radius 2 is 2.10 bits per heavy atom. The molecule has 1 aromatic rings. The van der Waals surface area contributed by atoms with E-state index in [0.29, 0.717) is 24.6 Å². The lowest BCUT2D eigenvalue weighted by Crippen LogP contribution is -2.45. The fourth-order valence-corrected chi connectivity index (χ4v) is 2.56. The lowest BCUT2D eigenvalue weighted by molar-refractivity contribution is -0.385. The summed E-state index contributed by atoms with van der Waals surface area (Å²) in [5.41, 5.74) is 0.389. The molecule has 21 heavy (non-hydrogen) atoms. The molecule has 2 heterocycles. The molecule has 0 aliphatic carbocycles. The Labute approximate surface area is 122 Å². The van der Waals surface area contributed by atoms with Crippen LogP contribution in [-0.4, -0.2) is 52.2 Å². The summed E-state index contributed by atoms with van der Waals surface area (Å²) in [6.07, 6.45) is 0.557. The molecular formula is C13H18N4O4. The number of anilines is 1. The second-order valence-electron chi connectivity index (χ2n) is 5.14. The Morgan fingerprint density at radius 3 is 2.57 bits per heavy atom. The molecule has 0 spiro atoms. The normalized spacial score (nSPS) is 15.8. The minimum atomic E-state index is -0.889.